The third-order valence-corrected chi connectivity index (χ3v) is 2.70. The van der Waals surface area contributed by atoms with E-state index in [1.165, 1.54) is 0 Å². The molecular formula is C12H8Cl2N2OS. The first-order chi connectivity index (χ1) is 8.56. The summed E-state index contributed by atoms with van der Waals surface area (Å²) in [4.78, 5) is 4.23. The van der Waals surface area contributed by atoms with Crippen LogP contribution in [0.2, 0.25) is 10.0 Å². The van der Waals surface area contributed by atoms with E-state index in [-0.39, 0.29) is 4.99 Å². The number of pyridine rings is 1. The molecule has 92 valence electrons. The molecule has 1 aromatic heterocycles. The van der Waals surface area contributed by atoms with Crippen LogP contribution in [0.3, 0.4) is 0 Å². The van der Waals surface area contributed by atoms with Crippen molar-refractivity contribution in [2.75, 3.05) is 0 Å². The second-order valence-electron chi connectivity index (χ2n) is 3.42. The Morgan fingerprint density at radius 3 is 2.50 bits per heavy atom. The molecule has 0 aliphatic heterocycles. The second kappa shape index (κ2) is 5.52. The Kier molecular flexibility index (Phi) is 4.01. The number of nitrogens with two attached hydrogens (primary N) is 1. The molecule has 1 aromatic carbocycles. The molecule has 0 spiro atoms. The van der Waals surface area contributed by atoms with Gasteiger partial charge < -0.3 is 10.5 Å². The standard InChI is InChI=1S/C12H8Cl2N2OS/c13-7-4-8(14)6-9(5-7)17-10-2-1-3-16-11(10)12(15)18/h1-6H,(H2,15,18). The molecule has 0 saturated heterocycles. The van der Waals surface area contributed by atoms with E-state index in [0.717, 1.165) is 0 Å². The zero-order valence-electron chi connectivity index (χ0n) is 9.06. The lowest BCUT2D eigenvalue weighted by atomic mass is 10.3. The fourth-order valence-electron chi connectivity index (χ4n) is 1.37. The first-order valence-corrected chi connectivity index (χ1v) is 6.11. The van der Waals surface area contributed by atoms with Gasteiger partial charge in [0.15, 0.2) is 5.75 Å². The third kappa shape index (κ3) is 3.10. The molecule has 1 heterocycles. The smallest absolute Gasteiger partial charge is 0.156 e. The maximum absolute atomic E-state index is 5.89. The lowest BCUT2D eigenvalue weighted by Crippen LogP contribution is -2.12. The van der Waals surface area contributed by atoms with Crippen LogP contribution in [0.15, 0.2) is 36.5 Å². The van der Waals surface area contributed by atoms with Crippen molar-refractivity contribution >= 4 is 40.4 Å². The van der Waals surface area contributed by atoms with Crippen molar-refractivity contribution in [2.24, 2.45) is 5.73 Å². The molecule has 0 aliphatic carbocycles. The van der Waals surface area contributed by atoms with Gasteiger partial charge in [-0.3, -0.25) is 0 Å². The van der Waals surface area contributed by atoms with Crippen molar-refractivity contribution in [3.8, 4) is 11.5 Å². The summed E-state index contributed by atoms with van der Waals surface area (Å²) in [6.45, 7) is 0. The van der Waals surface area contributed by atoms with Crippen LogP contribution in [0.25, 0.3) is 0 Å². The molecule has 2 N–H and O–H groups in total. The van der Waals surface area contributed by atoms with Gasteiger partial charge in [0.25, 0.3) is 0 Å². The Bertz CT molecular complexity index is 584. The fourth-order valence-corrected chi connectivity index (χ4v) is 2.03. The van der Waals surface area contributed by atoms with Crippen LogP contribution in [0.4, 0.5) is 0 Å². The molecule has 0 unspecified atom stereocenters. The zero-order valence-corrected chi connectivity index (χ0v) is 11.4. The van der Waals surface area contributed by atoms with E-state index in [4.69, 9.17) is 45.9 Å². The molecule has 0 aliphatic rings. The van der Waals surface area contributed by atoms with Crippen molar-refractivity contribution in [2.45, 2.75) is 0 Å². The van der Waals surface area contributed by atoms with Gasteiger partial charge in [-0.05, 0) is 30.3 Å². The predicted octanol–water partition coefficient (Wildman–Crippen LogP) is 3.81. The molecule has 2 rings (SSSR count). The van der Waals surface area contributed by atoms with Crippen LogP contribution in [-0.4, -0.2) is 9.97 Å². The minimum absolute atomic E-state index is 0.165. The average Bonchev–Trinajstić information content (AvgIpc) is 2.27. The summed E-state index contributed by atoms with van der Waals surface area (Å²) in [6.07, 6.45) is 1.59. The van der Waals surface area contributed by atoms with E-state index in [2.05, 4.69) is 4.98 Å². The summed E-state index contributed by atoms with van der Waals surface area (Å²) in [5, 5.41) is 0.969. The molecule has 0 atom stereocenters. The van der Waals surface area contributed by atoms with Crippen molar-refractivity contribution < 1.29 is 4.74 Å². The van der Waals surface area contributed by atoms with Gasteiger partial charge in [-0.15, -0.1) is 0 Å². The van der Waals surface area contributed by atoms with Gasteiger partial charge in [0, 0.05) is 16.2 Å². The van der Waals surface area contributed by atoms with Crippen LogP contribution in [0.5, 0.6) is 11.5 Å². The van der Waals surface area contributed by atoms with Crippen molar-refractivity contribution in [3.05, 3.63) is 52.3 Å². The Labute approximate surface area is 119 Å². The highest BCUT2D eigenvalue weighted by atomic mass is 35.5. The normalized spacial score (nSPS) is 10.1. The van der Waals surface area contributed by atoms with Gasteiger partial charge in [-0.1, -0.05) is 35.4 Å². The largest absolute Gasteiger partial charge is 0.455 e. The lowest BCUT2D eigenvalue weighted by molar-refractivity contribution is 0.479. The summed E-state index contributed by atoms with van der Waals surface area (Å²) in [5.41, 5.74) is 5.98. The molecule has 2 aromatic rings. The molecule has 0 radical (unpaired) electrons. The molecule has 0 fully saturated rings. The van der Waals surface area contributed by atoms with Gasteiger partial charge in [-0.2, -0.15) is 0 Å². The molecule has 6 heteroatoms. The number of thiocarbonyl (C=S) groups is 1. The average molecular weight is 299 g/mol. The first kappa shape index (κ1) is 13.1. The predicted molar refractivity (Wildman–Crippen MR) is 76.7 cm³/mol. The first-order valence-electron chi connectivity index (χ1n) is 4.95. The summed E-state index contributed by atoms with van der Waals surface area (Å²) in [6, 6.07) is 8.35. The van der Waals surface area contributed by atoms with Crippen LogP contribution < -0.4 is 10.5 Å². The summed E-state index contributed by atoms with van der Waals surface area (Å²) < 4.78 is 5.63. The Morgan fingerprint density at radius 2 is 1.89 bits per heavy atom. The Balaban J connectivity index is 2.37. The van der Waals surface area contributed by atoms with E-state index >= 15 is 0 Å². The quantitative estimate of drug-likeness (QED) is 0.875. The lowest BCUT2D eigenvalue weighted by Gasteiger charge is -2.09. The van der Waals surface area contributed by atoms with E-state index in [1.54, 1.807) is 36.5 Å². The van der Waals surface area contributed by atoms with Crippen LogP contribution >= 0.6 is 35.4 Å². The van der Waals surface area contributed by atoms with Gasteiger partial charge in [-0.25, -0.2) is 4.98 Å². The van der Waals surface area contributed by atoms with Gasteiger partial charge >= 0.3 is 0 Å². The van der Waals surface area contributed by atoms with E-state index in [0.29, 0.717) is 27.2 Å². The van der Waals surface area contributed by atoms with E-state index < -0.39 is 0 Å². The monoisotopic (exact) mass is 298 g/mol. The number of nitrogens with zero attached hydrogens (tertiary/aromatic N) is 1. The van der Waals surface area contributed by atoms with Gasteiger partial charge in [0.05, 0.1) is 0 Å². The number of benzene rings is 1. The van der Waals surface area contributed by atoms with E-state index in [1.807, 2.05) is 0 Å². The Morgan fingerprint density at radius 1 is 1.22 bits per heavy atom. The number of ether oxygens (including phenoxy) is 1. The molecule has 0 amide bonds. The number of rotatable bonds is 3. The van der Waals surface area contributed by atoms with Gasteiger partial charge in [0.2, 0.25) is 0 Å². The highest BCUT2D eigenvalue weighted by molar-refractivity contribution is 7.80. The number of halogens is 2. The minimum Gasteiger partial charge on any atom is -0.455 e. The van der Waals surface area contributed by atoms with Crippen LogP contribution in [0, 0.1) is 0 Å². The zero-order chi connectivity index (χ0) is 13.1. The highest BCUT2D eigenvalue weighted by Crippen LogP contribution is 2.29. The maximum atomic E-state index is 5.89. The molecule has 0 bridgehead atoms. The molecule has 18 heavy (non-hydrogen) atoms. The topological polar surface area (TPSA) is 48.1 Å². The Hall–Kier alpha value is -1.36. The van der Waals surface area contributed by atoms with Gasteiger partial charge in [0.1, 0.15) is 16.4 Å². The third-order valence-electron chi connectivity index (χ3n) is 2.07. The fraction of sp³-hybridized carbons (Fsp3) is 0. The number of hydrogen-bond acceptors (Lipinski definition) is 3. The minimum atomic E-state index is 0.165. The summed E-state index contributed by atoms with van der Waals surface area (Å²) >= 11 is 16.7. The van der Waals surface area contributed by atoms with Crippen LogP contribution in [0.1, 0.15) is 5.69 Å². The van der Waals surface area contributed by atoms with Crippen LogP contribution in [-0.2, 0) is 0 Å². The second-order valence-corrected chi connectivity index (χ2v) is 4.73. The molecule has 3 nitrogen and oxygen atoms in total. The van der Waals surface area contributed by atoms with E-state index in [9.17, 15) is 0 Å². The maximum Gasteiger partial charge on any atom is 0.156 e. The number of hydrogen-bond donors (Lipinski definition) is 1. The SMILES string of the molecule is NC(=S)c1ncccc1Oc1cc(Cl)cc(Cl)c1. The van der Waals surface area contributed by atoms with Crippen molar-refractivity contribution in [1.29, 1.82) is 0 Å². The highest BCUT2D eigenvalue weighted by Gasteiger charge is 2.09. The van der Waals surface area contributed by atoms with Crippen molar-refractivity contribution in [3.63, 3.8) is 0 Å². The molecule has 0 saturated carbocycles. The van der Waals surface area contributed by atoms with Crippen molar-refractivity contribution in [1.82, 2.24) is 4.98 Å². The number of aromatic nitrogens is 1. The summed E-state index contributed by atoms with van der Waals surface area (Å²) in [5.74, 6) is 0.960. The summed E-state index contributed by atoms with van der Waals surface area (Å²) in [7, 11) is 0. The molecular weight excluding hydrogens is 291 g/mol.